The zero-order chi connectivity index (χ0) is 19.0. The summed E-state index contributed by atoms with van der Waals surface area (Å²) in [5.41, 5.74) is 8.94. The van der Waals surface area contributed by atoms with E-state index in [4.69, 9.17) is 9.73 Å². The Balaban J connectivity index is 1.99. The maximum absolute atomic E-state index is 6.31. The smallest absolute Gasteiger partial charge is 0.109 e. The summed E-state index contributed by atoms with van der Waals surface area (Å²) in [6.45, 7) is 9.44. The Morgan fingerprint density at radius 2 is 1.44 bits per heavy atom. The maximum atomic E-state index is 6.31. The number of nitrogens with zero attached hydrogens (tertiary/aromatic N) is 1. The molecule has 1 aliphatic carbocycles. The fourth-order valence-electron chi connectivity index (χ4n) is 4.54. The van der Waals surface area contributed by atoms with E-state index in [0.717, 1.165) is 12.8 Å². The lowest BCUT2D eigenvalue weighted by molar-refractivity contribution is 0.0541. The Kier molecular flexibility index (Phi) is 4.77. The highest BCUT2D eigenvalue weighted by molar-refractivity contribution is 6.16. The normalized spacial score (nSPS) is 19.9. The van der Waals surface area contributed by atoms with E-state index >= 15 is 0 Å². The number of unbranched alkanes of at least 4 members (excludes halogenated alkanes) is 1. The molecular weight excluding hydrogens is 330 g/mol. The molecular formula is C25H29NO. The average Bonchev–Trinajstić information content (AvgIpc) is 3.12. The zero-order valence-electron chi connectivity index (χ0n) is 16.9. The van der Waals surface area contributed by atoms with Crippen molar-refractivity contribution in [2.75, 3.05) is 6.61 Å². The molecule has 0 saturated heterocycles. The third kappa shape index (κ3) is 2.96. The molecule has 0 fully saturated rings. The number of fused-ring (bicyclic) bond motifs is 3. The molecule has 2 nitrogen and oxygen atoms in total. The molecule has 1 aliphatic heterocycles. The van der Waals surface area contributed by atoms with Gasteiger partial charge in [-0.1, -0.05) is 61.9 Å². The van der Waals surface area contributed by atoms with Gasteiger partial charge < -0.3 is 4.74 Å². The van der Waals surface area contributed by atoms with Crippen LogP contribution in [0.1, 0.15) is 58.1 Å². The van der Waals surface area contributed by atoms with Gasteiger partial charge in [-0.3, -0.25) is 4.99 Å². The Bertz CT molecular complexity index is 872. The minimum Gasteiger partial charge on any atom is -0.371 e. The van der Waals surface area contributed by atoms with Gasteiger partial charge >= 0.3 is 0 Å². The summed E-state index contributed by atoms with van der Waals surface area (Å²) in [7, 11) is 0. The van der Waals surface area contributed by atoms with Gasteiger partial charge in [0.2, 0.25) is 0 Å². The van der Waals surface area contributed by atoms with Gasteiger partial charge in [0.25, 0.3) is 0 Å². The first-order valence-corrected chi connectivity index (χ1v) is 10.2. The van der Waals surface area contributed by atoms with E-state index < -0.39 is 0 Å². The second kappa shape index (κ2) is 7.09. The molecule has 0 N–H and O–H groups in total. The van der Waals surface area contributed by atoms with Crippen LogP contribution in [0.4, 0.5) is 0 Å². The molecule has 0 radical (unpaired) electrons. The monoisotopic (exact) mass is 359 g/mol. The maximum Gasteiger partial charge on any atom is 0.109 e. The molecule has 2 aromatic carbocycles. The Morgan fingerprint density at radius 1 is 0.889 bits per heavy atom. The highest BCUT2D eigenvalue weighted by Crippen LogP contribution is 2.49. The summed E-state index contributed by atoms with van der Waals surface area (Å²) in [5.74, 6) is 0. The largest absolute Gasteiger partial charge is 0.371 e. The quantitative estimate of drug-likeness (QED) is 0.524. The summed E-state index contributed by atoms with van der Waals surface area (Å²) in [6, 6.07) is 17.5. The summed E-state index contributed by atoms with van der Waals surface area (Å²) >= 11 is 0. The summed E-state index contributed by atoms with van der Waals surface area (Å²) in [5, 5.41) is 0. The van der Waals surface area contributed by atoms with Crippen LogP contribution in [0.2, 0.25) is 0 Å². The molecule has 0 saturated carbocycles. The molecule has 1 heterocycles. The molecule has 2 aliphatic rings. The van der Waals surface area contributed by atoms with Crippen LogP contribution in [0, 0.1) is 0 Å². The summed E-state index contributed by atoms with van der Waals surface area (Å²) < 4.78 is 6.31. The van der Waals surface area contributed by atoms with Gasteiger partial charge in [0.15, 0.2) is 0 Å². The molecule has 140 valence electrons. The molecule has 4 rings (SSSR count). The van der Waals surface area contributed by atoms with E-state index in [0.29, 0.717) is 6.61 Å². The zero-order valence-corrected chi connectivity index (χ0v) is 16.9. The van der Waals surface area contributed by atoms with E-state index in [1.54, 1.807) is 0 Å². The molecule has 2 aromatic rings. The van der Waals surface area contributed by atoms with E-state index in [2.05, 4.69) is 76.2 Å². The van der Waals surface area contributed by atoms with E-state index in [-0.39, 0.29) is 11.6 Å². The van der Waals surface area contributed by atoms with Crippen molar-refractivity contribution in [2.24, 2.45) is 4.99 Å². The summed E-state index contributed by atoms with van der Waals surface area (Å²) in [6.07, 6.45) is 3.36. The Morgan fingerprint density at radius 3 is 1.96 bits per heavy atom. The lowest BCUT2D eigenvalue weighted by Crippen LogP contribution is -2.34. The molecule has 1 atom stereocenters. The topological polar surface area (TPSA) is 21.6 Å². The fourth-order valence-corrected chi connectivity index (χ4v) is 4.54. The van der Waals surface area contributed by atoms with Crippen LogP contribution in [0.15, 0.2) is 59.1 Å². The average molecular weight is 360 g/mol. The standard InChI is InChI=1S/C25H29NO/c1-5-7-16-21-23(24(27-6-2)25(3,4)26-21)22-19-14-10-8-12-17(19)18-13-9-11-15-20(18)22/h8-15,24H,5-7,16H2,1-4H3. The van der Waals surface area contributed by atoms with Crippen molar-refractivity contribution in [1.29, 1.82) is 0 Å². The third-order valence-corrected chi connectivity index (χ3v) is 5.69. The van der Waals surface area contributed by atoms with Gasteiger partial charge in [-0.25, -0.2) is 0 Å². The highest BCUT2D eigenvalue weighted by atomic mass is 16.5. The molecule has 0 aromatic heterocycles. The van der Waals surface area contributed by atoms with Gasteiger partial charge in [-0.05, 0) is 61.4 Å². The molecule has 2 heteroatoms. The lowest BCUT2D eigenvalue weighted by Gasteiger charge is -2.27. The number of hydrogen-bond acceptors (Lipinski definition) is 2. The van der Waals surface area contributed by atoms with Crippen molar-refractivity contribution in [3.05, 3.63) is 65.2 Å². The second-order valence-electron chi connectivity index (χ2n) is 8.03. The first-order valence-electron chi connectivity index (χ1n) is 10.2. The number of hydrogen-bond donors (Lipinski definition) is 0. The van der Waals surface area contributed by atoms with Crippen LogP contribution in [0.25, 0.3) is 16.7 Å². The van der Waals surface area contributed by atoms with Crippen molar-refractivity contribution < 1.29 is 4.74 Å². The van der Waals surface area contributed by atoms with Crippen molar-refractivity contribution in [2.45, 2.75) is 58.6 Å². The van der Waals surface area contributed by atoms with E-state index in [1.807, 2.05) is 0 Å². The lowest BCUT2D eigenvalue weighted by atomic mass is 9.86. The minimum absolute atomic E-state index is 0.00330. The first kappa shape index (κ1) is 18.2. The second-order valence-corrected chi connectivity index (χ2v) is 8.03. The van der Waals surface area contributed by atoms with Crippen molar-refractivity contribution >= 4 is 11.3 Å². The van der Waals surface area contributed by atoms with Crippen molar-refractivity contribution in [3.8, 4) is 11.1 Å². The first-order chi connectivity index (χ1) is 13.1. The van der Waals surface area contributed by atoms with Gasteiger partial charge in [0.1, 0.15) is 6.10 Å². The molecule has 0 amide bonds. The molecule has 0 spiro atoms. The van der Waals surface area contributed by atoms with Crippen LogP contribution in [-0.4, -0.2) is 24.0 Å². The SMILES string of the molecule is CCCCC1=NC(C)(C)C(OCC)C1=C1c2ccccc2-c2ccccc21. The predicted molar refractivity (Wildman–Crippen MR) is 114 cm³/mol. The Hall–Kier alpha value is -2.19. The molecule has 1 unspecified atom stereocenters. The van der Waals surface area contributed by atoms with Gasteiger partial charge in [-0.15, -0.1) is 0 Å². The van der Waals surface area contributed by atoms with Gasteiger partial charge in [-0.2, -0.15) is 0 Å². The molecule has 0 bridgehead atoms. The number of rotatable bonds is 5. The van der Waals surface area contributed by atoms with Crippen molar-refractivity contribution in [1.82, 2.24) is 0 Å². The third-order valence-electron chi connectivity index (χ3n) is 5.69. The number of benzene rings is 2. The number of aliphatic imine (C=N–C) groups is 1. The van der Waals surface area contributed by atoms with Gasteiger partial charge in [0.05, 0.1) is 5.54 Å². The predicted octanol–water partition coefficient (Wildman–Crippen LogP) is 6.30. The van der Waals surface area contributed by atoms with Crippen LogP contribution >= 0.6 is 0 Å². The highest BCUT2D eigenvalue weighted by Gasteiger charge is 2.43. The Labute approximate surface area is 163 Å². The van der Waals surface area contributed by atoms with E-state index in [9.17, 15) is 0 Å². The number of ether oxygens (including phenoxy) is 1. The van der Waals surface area contributed by atoms with Gasteiger partial charge in [0, 0.05) is 17.9 Å². The van der Waals surface area contributed by atoms with Crippen LogP contribution in [-0.2, 0) is 4.74 Å². The minimum atomic E-state index is -0.228. The van der Waals surface area contributed by atoms with Crippen molar-refractivity contribution in [3.63, 3.8) is 0 Å². The summed E-state index contributed by atoms with van der Waals surface area (Å²) in [4.78, 5) is 5.16. The van der Waals surface area contributed by atoms with Crippen LogP contribution < -0.4 is 0 Å². The molecule has 27 heavy (non-hydrogen) atoms. The van der Waals surface area contributed by atoms with Crippen LogP contribution in [0.3, 0.4) is 0 Å². The van der Waals surface area contributed by atoms with Crippen LogP contribution in [0.5, 0.6) is 0 Å². The van der Waals surface area contributed by atoms with E-state index in [1.165, 1.54) is 45.5 Å². The fraction of sp³-hybridized carbons (Fsp3) is 0.400.